The Bertz CT molecular complexity index is 678. The fraction of sp³-hybridized carbons (Fsp3) is 0.312. The summed E-state index contributed by atoms with van der Waals surface area (Å²) in [5.41, 5.74) is 1.86. The van der Waals surface area contributed by atoms with Gasteiger partial charge in [0, 0.05) is 23.2 Å². The predicted molar refractivity (Wildman–Crippen MR) is 77.9 cm³/mol. The maximum atomic E-state index is 13.6. The van der Waals surface area contributed by atoms with Crippen LogP contribution in [0.25, 0.3) is 17.0 Å². The number of benzene rings is 1. The molecule has 3 nitrogen and oxygen atoms in total. The molecule has 1 heterocycles. The number of hydrogen-bond acceptors (Lipinski definition) is 2. The Hall–Kier alpha value is -2.10. The zero-order chi connectivity index (χ0) is 14.9. The lowest BCUT2D eigenvalue weighted by atomic mass is 10.1. The Morgan fingerprint density at radius 3 is 2.70 bits per heavy atom. The fourth-order valence-electron chi connectivity index (χ4n) is 1.98. The Balaban J connectivity index is 2.32. The number of carbonyl (C=O) groups excluding carboxylic acids is 1. The Morgan fingerprint density at radius 2 is 2.05 bits per heavy atom. The third-order valence-electron chi connectivity index (χ3n) is 2.80. The van der Waals surface area contributed by atoms with E-state index in [0.717, 1.165) is 16.5 Å². The van der Waals surface area contributed by atoms with Crippen molar-refractivity contribution in [2.24, 2.45) is 0 Å². The molecule has 0 aliphatic carbocycles. The van der Waals surface area contributed by atoms with Gasteiger partial charge in [-0.3, -0.25) is 0 Å². The summed E-state index contributed by atoms with van der Waals surface area (Å²) in [5.74, 6) is -0.776. The van der Waals surface area contributed by atoms with Crippen LogP contribution in [-0.4, -0.2) is 16.6 Å². The standard InChI is InChI=1S/C16H18FNO2/c1-10-9-18-15-11(7-12(17)8-13(10)15)5-6-14(19)20-16(2,3)4/h5-9,18H,1-4H3. The van der Waals surface area contributed by atoms with Crippen molar-refractivity contribution in [3.8, 4) is 0 Å². The number of aromatic amines is 1. The Morgan fingerprint density at radius 1 is 1.35 bits per heavy atom. The lowest BCUT2D eigenvalue weighted by molar-refractivity contribution is -0.148. The Labute approximate surface area is 117 Å². The van der Waals surface area contributed by atoms with Crippen molar-refractivity contribution >= 4 is 22.9 Å². The van der Waals surface area contributed by atoms with Crippen molar-refractivity contribution in [2.75, 3.05) is 0 Å². The first-order chi connectivity index (χ1) is 9.26. The van der Waals surface area contributed by atoms with Crippen LogP contribution in [-0.2, 0) is 9.53 Å². The average Bonchev–Trinajstić information content (AvgIpc) is 2.66. The largest absolute Gasteiger partial charge is 0.457 e. The first-order valence-electron chi connectivity index (χ1n) is 6.44. The third-order valence-corrected chi connectivity index (χ3v) is 2.80. The van der Waals surface area contributed by atoms with Crippen LogP contribution in [0.3, 0.4) is 0 Å². The van der Waals surface area contributed by atoms with E-state index in [1.165, 1.54) is 18.2 Å². The van der Waals surface area contributed by atoms with E-state index >= 15 is 0 Å². The van der Waals surface area contributed by atoms with Crippen LogP contribution in [0.2, 0.25) is 0 Å². The van der Waals surface area contributed by atoms with Gasteiger partial charge in [-0.2, -0.15) is 0 Å². The highest BCUT2D eigenvalue weighted by atomic mass is 19.1. The number of halogens is 1. The van der Waals surface area contributed by atoms with Crippen LogP contribution < -0.4 is 0 Å². The summed E-state index contributed by atoms with van der Waals surface area (Å²) >= 11 is 0. The van der Waals surface area contributed by atoms with E-state index in [1.54, 1.807) is 26.8 Å². The van der Waals surface area contributed by atoms with Gasteiger partial charge in [0.25, 0.3) is 0 Å². The van der Waals surface area contributed by atoms with E-state index in [2.05, 4.69) is 4.98 Å². The van der Waals surface area contributed by atoms with Gasteiger partial charge in [0.15, 0.2) is 0 Å². The number of nitrogens with one attached hydrogen (secondary N) is 1. The minimum atomic E-state index is -0.540. The molecule has 20 heavy (non-hydrogen) atoms. The number of carbonyl (C=O) groups is 1. The van der Waals surface area contributed by atoms with Gasteiger partial charge in [-0.05, 0) is 51.5 Å². The zero-order valence-corrected chi connectivity index (χ0v) is 12.1. The molecule has 0 aliphatic heterocycles. The SMILES string of the molecule is Cc1c[nH]c2c(C=CC(=O)OC(C)(C)C)cc(F)cc12. The quantitative estimate of drug-likeness (QED) is 0.665. The molecule has 2 rings (SSSR count). The van der Waals surface area contributed by atoms with Crippen molar-refractivity contribution in [1.82, 2.24) is 4.98 Å². The summed E-state index contributed by atoms with van der Waals surface area (Å²) in [6.07, 6.45) is 4.69. The highest BCUT2D eigenvalue weighted by Gasteiger charge is 2.14. The topological polar surface area (TPSA) is 42.1 Å². The monoisotopic (exact) mass is 275 g/mol. The number of fused-ring (bicyclic) bond motifs is 1. The molecule has 2 aromatic rings. The van der Waals surface area contributed by atoms with Crippen molar-refractivity contribution < 1.29 is 13.9 Å². The number of rotatable bonds is 2. The first-order valence-corrected chi connectivity index (χ1v) is 6.44. The molecule has 0 saturated carbocycles. The van der Waals surface area contributed by atoms with Crippen LogP contribution >= 0.6 is 0 Å². The van der Waals surface area contributed by atoms with Gasteiger partial charge in [0.05, 0.1) is 5.52 Å². The molecule has 0 saturated heterocycles. The lowest BCUT2D eigenvalue weighted by Crippen LogP contribution is -2.22. The van der Waals surface area contributed by atoms with Crippen LogP contribution in [0.4, 0.5) is 4.39 Å². The van der Waals surface area contributed by atoms with E-state index in [0.29, 0.717) is 5.56 Å². The van der Waals surface area contributed by atoms with Gasteiger partial charge >= 0.3 is 5.97 Å². The van der Waals surface area contributed by atoms with E-state index in [1.807, 2.05) is 13.1 Å². The van der Waals surface area contributed by atoms with E-state index in [4.69, 9.17) is 4.74 Å². The molecule has 0 spiro atoms. The van der Waals surface area contributed by atoms with E-state index in [9.17, 15) is 9.18 Å². The van der Waals surface area contributed by atoms with Gasteiger partial charge in [-0.15, -0.1) is 0 Å². The second kappa shape index (κ2) is 5.12. The molecule has 0 bridgehead atoms. The number of aryl methyl sites for hydroxylation is 1. The summed E-state index contributed by atoms with van der Waals surface area (Å²) in [7, 11) is 0. The minimum Gasteiger partial charge on any atom is -0.457 e. The third kappa shape index (κ3) is 3.26. The van der Waals surface area contributed by atoms with Gasteiger partial charge in [0.2, 0.25) is 0 Å². The van der Waals surface area contributed by atoms with Crippen LogP contribution in [0, 0.1) is 12.7 Å². The minimum absolute atomic E-state index is 0.330. The molecule has 1 N–H and O–H groups in total. The van der Waals surface area contributed by atoms with Crippen molar-refractivity contribution in [1.29, 1.82) is 0 Å². The summed E-state index contributed by atoms with van der Waals surface area (Å²) in [6.45, 7) is 7.30. The average molecular weight is 275 g/mol. The van der Waals surface area contributed by atoms with Gasteiger partial charge < -0.3 is 9.72 Å². The molecule has 0 fully saturated rings. The molecule has 0 aliphatic rings. The van der Waals surface area contributed by atoms with Crippen molar-refractivity contribution in [3.63, 3.8) is 0 Å². The first kappa shape index (κ1) is 14.3. The molecule has 106 valence electrons. The molecular weight excluding hydrogens is 257 g/mol. The highest BCUT2D eigenvalue weighted by Crippen LogP contribution is 2.24. The number of esters is 1. The molecule has 0 unspecified atom stereocenters. The predicted octanol–water partition coefficient (Wildman–Crippen LogP) is 3.97. The summed E-state index contributed by atoms with van der Waals surface area (Å²) in [6, 6.07) is 2.87. The summed E-state index contributed by atoms with van der Waals surface area (Å²) in [4.78, 5) is 14.7. The molecule has 1 aromatic heterocycles. The number of ether oxygens (including phenoxy) is 1. The second-order valence-electron chi connectivity index (χ2n) is 5.76. The normalized spacial score (nSPS) is 12.2. The van der Waals surface area contributed by atoms with Gasteiger partial charge in [0.1, 0.15) is 11.4 Å². The van der Waals surface area contributed by atoms with Crippen molar-refractivity contribution in [2.45, 2.75) is 33.3 Å². The number of aromatic nitrogens is 1. The molecular formula is C16H18FNO2. The number of H-pyrrole nitrogens is 1. The van der Waals surface area contributed by atoms with E-state index in [-0.39, 0.29) is 5.82 Å². The lowest BCUT2D eigenvalue weighted by Gasteiger charge is -2.17. The molecule has 0 atom stereocenters. The zero-order valence-electron chi connectivity index (χ0n) is 12.1. The highest BCUT2D eigenvalue weighted by molar-refractivity contribution is 5.94. The maximum absolute atomic E-state index is 13.6. The van der Waals surface area contributed by atoms with Crippen LogP contribution in [0.5, 0.6) is 0 Å². The van der Waals surface area contributed by atoms with Crippen molar-refractivity contribution in [3.05, 3.63) is 41.3 Å². The molecule has 1 aromatic carbocycles. The van der Waals surface area contributed by atoms with Crippen LogP contribution in [0.15, 0.2) is 24.4 Å². The second-order valence-corrected chi connectivity index (χ2v) is 5.76. The maximum Gasteiger partial charge on any atom is 0.331 e. The molecule has 0 amide bonds. The number of hydrogen-bond donors (Lipinski definition) is 1. The fourth-order valence-corrected chi connectivity index (χ4v) is 1.98. The summed E-state index contributed by atoms with van der Waals surface area (Å²) < 4.78 is 18.8. The van der Waals surface area contributed by atoms with E-state index < -0.39 is 11.6 Å². The summed E-state index contributed by atoms with van der Waals surface area (Å²) in [5, 5.41) is 0.814. The smallest absolute Gasteiger partial charge is 0.331 e. The molecule has 4 heteroatoms. The van der Waals surface area contributed by atoms with Gasteiger partial charge in [-0.25, -0.2) is 9.18 Å². The van der Waals surface area contributed by atoms with Gasteiger partial charge in [-0.1, -0.05) is 0 Å². The van der Waals surface area contributed by atoms with Crippen LogP contribution in [0.1, 0.15) is 31.9 Å². The molecule has 0 radical (unpaired) electrons. The Kier molecular flexibility index (Phi) is 3.66.